The van der Waals surface area contributed by atoms with Gasteiger partial charge < -0.3 is 4.74 Å². The van der Waals surface area contributed by atoms with E-state index in [0.29, 0.717) is 0 Å². The van der Waals surface area contributed by atoms with E-state index in [2.05, 4.69) is 13.8 Å². The molecule has 0 amide bonds. The molecule has 0 N–H and O–H groups in total. The van der Waals surface area contributed by atoms with Crippen LogP contribution in [0.3, 0.4) is 0 Å². The predicted molar refractivity (Wildman–Crippen MR) is 49.8 cm³/mol. The van der Waals surface area contributed by atoms with Gasteiger partial charge in [-0.1, -0.05) is 33.1 Å². The van der Waals surface area contributed by atoms with Gasteiger partial charge in [0.05, 0.1) is 0 Å². The van der Waals surface area contributed by atoms with Gasteiger partial charge in [0, 0.05) is 13.7 Å². The van der Waals surface area contributed by atoms with Crippen molar-refractivity contribution in [2.45, 2.75) is 46.0 Å². The van der Waals surface area contributed by atoms with Gasteiger partial charge in [-0.25, -0.2) is 0 Å². The summed E-state index contributed by atoms with van der Waals surface area (Å²) in [6.07, 6.45) is 6.62. The molecule has 68 valence electrons. The van der Waals surface area contributed by atoms with Gasteiger partial charge in [0.15, 0.2) is 0 Å². The first-order chi connectivity index (χ1) is 5.35. The van der Waals surface area contributed by atoms with Gasteiger partial charge in [-0.05, 0) is 18.8 Å². The van der Waals surface area contributed by atoms with E-state index in [-0.39, 0.29) is 0 Å². The molecule has 0 aliphatic heterocycles. The minimum atomic E-state index is 0.931. The lowest BCUT2D eigenvalue weighted by Gasteiger charge is -2.12. The number of rotatable bonds is 7. The normalized spacial score (nSPS) is 13.4. The maximum Gasteiger partial charge on any atom is 0.0462 e. The molecule has 1 nitrogen and oxygen atoms in total. The van der Waals surface area contributed by atoms with Crippen LogP contribution in [0.2, 0.25) is 0 Å². The number of methoxy groups -OCH3 is 1. The van der Waals surface area contributed by atoms with E-state index in [4.69, 9.17) is 4.74 Å². The topological polar surface area (TPSA) is 9.23 Å². The Morgan fingerprint density at radius 1 is 1.18 bits per heavy atom. The van der Waals surface area contributed by atoms with E-state index < -0.39 is 0 Å². The second kappa shape index (κ2) is 8.06. The zero-order valence-electron chi connectivity index (χ0n) is 8.23. The third-order valence-corrected chi connectivity index (χ3v) is 2.24. The molecule has 0 saturated carbocycles. The molecule has 0 heterocycles. The Bertz CT molecular complexity index is 71.3. The molecule has 1 atom stereocenters. The molecule has 0 aromatic rings. The molecule has 0 radical (unpaired) electrons. The molecule has 0 aromatic carbocycles. The lowest BCUT2D eigenvalue weighted by molar-refractivity contribution is 0.185. The fourth-order valence-corrected chi connectivity index (χ4v) is 1.48. The van der Waals surface area contributed by atoms with E-state index in [1.165, 1.54) is 32.1 Å². The SMILES string of the molecule is CCC[C@@H](CC)CCCOC. The van der Waals surface area contributed by atoms with E-state index >= 15 is 0 Å². The zero-order chi connectivity index (χ0) is 8.53. The number of hydrogen-bond donors (Lipinski definition) is 0. The fourth-order valence-electron chi connectivity index (χ4n) is 1.48. The second-order valence-electron chi connectivity index (χ2n) is 3.20. The highest BCUT2D eigenvalue weighted by Crippen LogP contribution is 2.16. The molecule has 0 aromatic heterocycles. The molecule has 0 bridgehead atoms. The average molecular weight is 158 g/mol. The summed E-state index contributed by atoms with van der Waals surface area (Å²) in [6.45, 7) is 5.48. The lowest BCUT2D eigenvalue weighted by Crippen LogP contribution is -2.00. The molecule has 0 unspecified atom stereocenters. The molecule has 0 spiro atoms. The first-order valence-electron chi connectivity index (χ1n) is 4.84. The van der Waals surface area contributed by atoms with Crippen molar-refractivity contribution in [1.82, 2.24) is 0 Å². The first kappa shape index (κ1) is 11.0. The Morgan fingerprint density at radius 3 is 2.36 bits per heavy atom. The van der Waals surface area contributed by atoms with Crippen LogP contribution < -0.4 is 0 Å². The number of ether oxygens (including phenoxy) is 1. The molecule has 0 rings (SSSR count). The maximum absolute atomic E-state index is 5.01. The zero-order valence-corrected chi connectivity index (χ0v) is 8.23. The summed E-state index contributed by atoms with van der Waals surface area (Å²) in [5, 5.41) is 0. The molecular formula is C10H22O. The second-order valence-corrected chi connectivity index (χ2v) is 3.20. The van der Waals surface area contributed by atoms with Crippen molar-refractivity contribution in [3.8, 4) is 0 Å². The molecular weight excluding hydrogens is 136 g/mol. The van der Waals surface area contributed by atoms with Crippen LogP contribution in [0.4, 0.5) is 0 Å². The molecule has 1 heteroatoms. The summed E-state index contributed by atoms with van der Waals surface area (Å²) in [5.74, 6) is 0.940. The molecule has 0 aliphatic carbocycles. The summed E-state index contributed by atoms with van der Waals surface area (Å²) in [6, 6.07) is 0. The Balaban J connectivity index is 3.20. The summed E-state index contributed by atoms with van der Waals surface area (Å²) in [4.78, 5) is 0. The maximum atomic E-state index is 5.01. The van der Waals surface area contributed by atoms with Gasteiger partial charge in [-0.15, -0.1) is 0 Å². The first-order valence-corrected chi connectivity index (χ1v) is 4.84. The minimum Gasteiger partial charge on any atom is -0.385 e. The summed E-state index contributed by atoms with van der Waals surface area (Å²) < 4.78 is 5.01. The van der Waals surface area contributed by atoms with Crippen LogP contribution in [0.25, 0.3) is 0 Å². The summed E-state index contributed by atoms with van der Waals surface area (Å²) >= 11 is 0. The van der Waals surface area contributed by atoms with Crippen molar-refractivity contribution in [2.24, 2.45) is 5.92 Å². The summed E-state index contributed by atoms with van der Waals surface area (Å²) in [5.41, 5.74) is 0. The Kier molecular flexibility index (Phi) is 8.03. The van der Waals surface area contributed by atoms with Gasteiger partial charge in [0.2, 0.25) is 0 Å². The third-order valence-electron chi connectivity index (χ3n) is 2.24. The largest absolute Gasteiger partial charge is 0.385 e. The van der Waals surface area contributed by atoms with Crippen LogP contribution in [-0.2, 0) is 4.74 Å². The van der Waals surface area contributed by atoms with Crippen molar-refractivity contribution in [1.29, 1.82) is 0 Å². The van der Waals surface area contributed by atoms with Gasteiger partial charge in [-0.3, -0.25) is 0 Å². The number of hydrogen-bond acceptors (Lipinski definition) is 1. The van der Waals surface area contributed by atoms with Gasteiger partial charge in [0.1, 0.15) is 0 Å². The minimum absolute atomic E-state index is 0.931. The van der Waals surface area contributed by atoms with Crippen LogP contribution in [0.15, 0.2) is 0 Å². The van der Waals surface area contributed by atoms with Crippen LogP contribution in [0, 0.1) is 5.92 Å². The van der Waals surface area contributed by atoms with E-state index in [1.54, 1.807) is 7.11 Å². The van der Waals surface area contributed by atoms with E-state index in [9.17, 15) is 0 Å². The van der Waals surface area contributed by atoms with Crippen molar-refractivity contribution in [2.75, 3.05) is 13.7 Å². The van der Waals surface area contributed by atoms with Crippen molar-refractivity contribution in [3.63, 3.8) is 0 Å². The third kappa shape index (κ3) is 6.36. The molecule has 0 saturated heterocycles. The Labute approximate surface area is 71.1 Å². The molecule has 11 heavy (non-hydrogen) atoms. The lowest BCUT2D eigenvalue weighted by atomic mass is 9.96. The molecule has 0 fully saturated rings. The van der Waals surface area contributed by atoms with Crippen molar-refractivity contribution < 1.29 is 4.74 Å². The monoisotopic (exact) mass is 158 g/mol. The van der Waals surface area contributed by atoms with Crippen molar-refractivity contribution >= 4 is 0 Å². The van der Waals surface area contributed by atoms with Gasteiger partial charge in [0.25, 0.3) is 0 Å². The molecule has 0 aliphatic rings. The highest BCUT2D eigenvalue weighted by atomic mass is 16.5. The average Bonchev–Trinajstić information content (AvgIpc) is 2.03. The highest BCUT2D eigenvalue weighted by molar-refractivity contribution is 4.55. The summed E-state index contributed by atoms with van der Waals surface area (Å²) in [7, 11) is 1.78. The van der Waals surface area contributed by atoms with Crippen molar-refractivity contribution in [3.05, 3.63) is 0 Å². The Morgan fingerprint density at radius 2 is 1.91 bits per heavy atom. The van der Waals surface area contributed by atoms with Crippen LogP contribution in [0.5, 0.6) is 0 Å². The standard InChI is InChI=1S/C10H22O/c1-4-7-10(5-2)8-6-9-11-3/h10H,4-9H2,1-3H3/t10-/m1/s1. The predicted octanol–water partition coefficient (Wildman–Crippen LogP) is 3.24. The fraction of sp³-hybridized carbons (Fsp3) is 1.00. The smallest absolute Gasteiger partial charge is 0.0462 e. The Hall–Kier alpha value is -0.0400. The van der Waals surface area contributed by atoms with Gasteiger partial charge >= 0.3 is 0 Å². The van der Waals surface area contributed by atoms with E-state index in [1.807, 2.05) is 0 Å². The highest BCUT2D eigenvalue weighted by Gasteiger charge is 2.03. The van der Waals surface area contributed by atoms with Crippen LogP contribution >= 0.6 is 0 Å². The van der Waals surface area contributed by atoms with Crippen LogP contribution in [-0.4, -0.2) is 13.7 Å². The van der Waals surface area contributed by atoms with Gasteiger partial charge in [-0.2, -0.15) is 0 Å². The van der Waals surface area contributed by atoms with Crippen LogP contribution in [0.1, 0.15) is 46.0 Å². The van der Waals surface area contributed by atoms with E-state index in [0.717, 1.165) is 12.5 Å². The quantitative estimate of drug-likeness (QED) is 0.517.